The molecule has 4 aromatic carbocycles. The van der Waals surface area contributed by atoms with E-state index in [0.29, 0.717) is 0 Å². The van der Waals surface area contributed by atoms with Crippen LogP contribution in [0.5, 0.6) is 17.2 Å². The normalized spacial score (nSPS) is 11.1. The van der Waals surface area contributed by atoms with Gasteiger partial charge < -0.3 is 14.2 Å². The molecule has 1 heterocycles. The first-order chi connectivity index (χ1) is 23.1. The van der Waals surface area contributed by atoms with Gasteiger partial charge in [-0.2, -0.15) is 27.3 Å². The Hall–Kier alpha value is -4.25. The van der Waals surface area contributed by atoms with Crippen LogP contribution in [0, 0.1) is 0 Å². The molecule has 0 atom stereocenters. The molecule has 5 rings (SSSR count). The molecule has 0 saturated heterocycles. The van der Waals surface area contributed by atoms with Gasteiger partial charge in [0.15, 0.2) is 6.20 Å². The maximum atomic E-state index is 5.46. The van der Waals surface area contributed by atoms with E-state index >= 15 is 0 Å². The number of benzene rings is 4. The maximum absolute atomic E-state index is 5.46. The summed E-state index contributed by atoms with van der Waals surface area (Å²) in [5, 5.41) is 1.33. The highest BCUT2D eigenvalue weighted by atomic mass is 16.5. The maximum Gasteiger partial charge on any atom is 0.212 e. The van der Waals surface area contributed by atoms with Crippen LogP contribution in [0.2, 0.25) is 6.32 Å². The Labute approximate surface area is 283 Å². The first-order valence-electron chi connectivity index (χ1n) is 17.6. The number of rotatable bonds is 16. The number of fused-ring (bicyclic) bond motifs is 1. The van der Waals surface area contributed by atoms with Crippen molar-refractivity contribution in [3.05, 3.63) is 115 Å². The Morgan fingerprint density at radius 3 is 1.43 bits per heavy atom. The average Bonchev–Trinajstić information content (AvgIpc) is 3.14. The van der Waals surface area contributed by atoms with Gasteiger partial charge in [0.05, 0.1) is 27.5 Å². The van der Waals surface area contributed by atoms with Gasteiger partial charge in [-0.1, -0.05) is 107 Å². The number of hydrogen-bond acceptors (Lipinski definition) is 3. The smallest absolute Gasteiger partial charge is 0.212 e. The second kappa shape index (κ2) is 18.8. The Morgan fingerprint density at radius 1 is 0.489 bits per heavy atom. The van der Waals surface area contributed by atoms with E-state index in [2.05, 4.69) is 134 Å². The number of pyridine rings is 1. The van der Waals surface area contributed by atoms with E-state index in [1.807, 2.05) is 0 Å². The Bertz CT molecular complexity index is 1480. The predicted molar refractivity (Wildman–Crippen MR) is 201 cm³/mol. The van der Waals surface area contributed by atoms with Crippen LogP contribution in [0.4, 0.5) is 0 Å². The summed E-state index contributed by atoms with van der Waals surface area (Å²) in [6.45, 7) is 5.62. The molecule has 0 unspecified atom stereocenters. The molecule has 1 aromatic heterocycles. The third kappa shape index (κ3) is 9.41. The molecule has 47 heavy (non-hydrogen) atoms. The fourth-order valence-corrected chi connectivity index (χ4v) is 6.85. The van der Waals surface area contributed by atoms with Crippen LogP contribution in [0.1, 0.15) is 65.2 Å². The van der Waals surface area contributed by atoms with Gasteiger partial charge in [-0.25, -0.2) is 0 Å². The SMILES string of the molecule is CCCCCCCC[B-](c1ccc(OC)cc1)(c1ccc(OC)cc1)c1ccc(OC)cc1.CCCC[n+]1cccc2ccccc21. The highest BCUT2D eigenvalue weighted by molar-refractivity contribution is 7.11. The van der Waals surface area contributed by atoms with E-state index in [4.69, 9.17) is 14.2 Å². The molecule has 0 amide bonds. The number of aryl methyl sites for hydroxylation is 1. The van der Waals surface area contributed by atoms with Crippen LogP contribution in [0.3, 0.4) is 0 Å². The van der Waals surface area contributed by atoms with Crippen molar-refractivity contribution in [2.24, 2.45) is 0 Å². The summed E-state index contributed by atoms with van der Waals surface area (Å²) in [4.78, 5) is 0. The summed E-state index contributed by atoms with van der Waals surface area (Å²) < 4.78 is 18.7. The minimum atomic E-state index is -1.17. The minimum Gasteiger partial charge on any atom is -0.497 e. The van der Waals surface area contributed by atoms with Crippen LogP contribution >= 0.6 is 0 Å². The van der Waals surface area contributed by atoms with Gasteiger partial charge in [0, 0.05) is 23.9 Å². The van der Waals surface area contributed by atoms with Crippen molar-refractivity contribution in [1.82, 2.24) is 0 Å². The lowest BCUT2D eigenvalue weighted by Gasteiger charge is -2.43. The molecule has 0 bridgehead atoms. The molecular weight excluding hydrogens is 577 g/mol. The number of methoxy groups -OCH3 is 3. The molecule has 5 aromatic rings. The van der Waals surface area contributed by atoms with Gasteiger partial charge >= 0.3 is 0 Å². The molecule has 0 aliphatic rings. The lowest BCUT2D eigenvalue weighted by molar-refractivity contribution is -0.671. The third-order valence-corrected chi connectivity index (χ3v) is 9.59. The highest BCUT2D eigenvalue weighted by Crippen LogP contribution is 2.22. The van der Waals surface area contributed by atoms with Crippen LogP contribution in [-0.4, -0.2) is 27.5 Å². The quantitative estimate of drug-likeness (QED) is 0.0622. The number of unbranched alkanes of at least 4 members (excludes halogenated alkanes) is 6. The number of hydrogen-bond donors (Lipinski definition) is 0. The van der Waals surface area contributed by atoms with Gasteiger partial charge in [0.25, 0.3) is 0 Å². The van der Waals surface area contributed by atoms with Gasteiger partial charge in [-0.05, 0) is 48.5 Å². The van der Waals surface area contributed by atoms with Crippen molar-refractivity contribution in [1.29, 1.82) is 0 Å². The van der Waals surface area contributed by atoms with Crippen molar-refractivity contribution < 1.29 is 18.8 Å². The topological polar surface area (TPSA) is 31.6 Å². The average molecular weight is 632 g/mol. The standard InChI is InChI=1S/C29H38BO3.C13H16N/c1-5-6-7-8-9-10-23-30(24-11-17-27(31-2)18-12-24,25-13-19-28(32-3)20-14-25)26-15-21-29(33-4)22-16-26;1-2-3-10-14-11-6-8-12-7-4-5-9-13(12)14/h11-22H,5-10,23H2,1-4H3;4-9,11H,2-3,10H2,1H3/q-1;+1. The fourth-order valence-electron chi connectivity index (χ4n) is 6.85. The zero-order chi connectivity index (χ0) is 33.3. The number of ether oxygens (including phenoxy) is 3. The van der Waals surface area contributed by atoms with Crippen molar-refractivity contribution >= 4 is 33.4 Å². The van der Waals surface area contributed by atoms with Crippen molar-refractivity contribution in [2.45, 2.75) is 78.1 Å². The minimum absolute atomic E-state index is 0.882. The van der Waals surface area contributed by atoms with E-state index in [9.17, 15) is 0 Å². The summed E-state index contributed by atoms with van der Waals surface area (Å²) in [6.07, 6.45) is 12.3. The summed E-state index contributed by atoms with van der Waals surface area (Å²) >= 11 is 0. The number of para-hydroxylation sites is 1. The van der Waals surface area contributed by atoms with Crippen LogP contribution in [0.25, 0.3) is 10.9 Å². The molecule has 0 aliphatic heterocycles. The second-order valence-electron chi connectivity index (χ2n) is 12.5. The molecule has 0 aliphatic carbocycles. The monoisotopic (exact) mass is 631 g/mol. The zero-order valence-electron chi connectivity index (χ0n) is 29.3. The van der Waals surface area contributed by atoms with E-state index in [1.54, 1.807) is 21.3 Å². The lowest BCUT2D eigenvalue weighted by Crippen LogP contribution is -2.66. The van der Waals surface area contributed by atoms with Crippen molar-refractivity contribution in [2.75, 3.05) is 21.3 Å². The second-order valence-corrected chi connectivity index (χ2v) is 12.5. The van der Waals surface area contributed by atoms with E-state index < -0.39 is 6.15 Å². The summed E-state index contributed by atoms with van der Waals surface area (Å²) in [5.74, 6) is 2.65. The summed E-state index contributed by atoms with van der Waals surface area (Å²) in [7, 11) is 5.16. The number of aromatic nitrogens is 1. The summed E-state index contributed by atoms with van der Waals surface area (Å²) in [5.41, 5.74) is 5.34. The van der Waals surface area contributed by atoms with Crippen molar-refractivity contribution in [3.8, 4) is 17.2 Å². The Kier molecular flexibility index (Phi) is 14.2. The highest BCUT2D eigenvalue weighted by Gasteiger charge is 2.29. The van der Waals surface area contributed by atoms with E-state index in [-0.39, 0.29) is 0 Å². The molecule has 0 radical (unpaired) electrons. The zero-order valence-corrected chi connectivity index (χ0v) is 29.3. The lowest BCUT2D eigenvalue weighted by atomic mass is 9.14. The van der Waals surface area contributed by atoms with Crippen LogP contribution in [-0.2, 0) is 6.54 Å². The number of nitrogens with zero attached hydrogens (tertiary/aromatic N) is 1. The van der Waals surface area contributed by atoms with E-state index in [1.165, 1.54) is 78.7 Å². The summed E-state index contributed by atoms with van der Waals surface area (Å²) in [6, 6.07) is 38.8. The van der Waals surface area contributed by atoms with Crippen molar-refractivity contribution in [3.63, 3.8) is 0 Å². The third-order valence-electron chi connectivity index (χ3n) is 9.59. The molecule has 0 saturated carbocycles. The molecule has 5 heteroatoms. The van der Waals surface area contributed by atoms with Gasteiger partial charge in [0.1, 0.15) is 23.8 Å². The van der Waals surface area contributed by atoms with Crippen LogP contribution < -0.4 is 35.2 Å². The van der Waals surface area contributed by atoms with E-state index in [0.717, 1.165) is 30.1 Å². The van der Waals surface area contributed by atoms with Crippen LogP contribution in [0.15, 0.2) is 115 Å². The van der Waals surface area contributed by atoms with Gasteiger partial charge in [-0.3, -0.25) is 0 Å². The first-order valence-corrected chi connectivity index (χ1v) is 17.6. The molecule has 0 spiro atoms. The molecule has 248 valence electrons. The fraction of sp³-hybridized carbons (Fsp3) is 0.357. The molecule has 0 N–H and O–H groups in total. The van der Waals surface area contributed by atoms with Gasteiger partial charge in [0.2, 0.25) is 5.52 Å². The largest absolute Gasteiger partial charge is 0.497 e. The molecule has 0 fully saturated rings. The Balaban J connectivity index is 0.000000295. The van der Waals surface area contributed by atoms with Gasteiger partial charge in [-0.15, -0.1) is 0 Å². The Morgan fingerprint density at radius 2 is 0.936 bits per heavy atom. The first kappa shape index (κ1) is 35.6. The molecular formula is C42H54BNO3. The molecule has 4 nitrogen and oxygen atoms in total. The predicted octanol–water partition coefficient (Wildman–Crippen LogP) is 8.47.